The van der Waals surface area contributed by atoms with E-state index in [1.165, 1.54) is 39.2 Å². The lowest BCUT2D eigenvalue weighted by Gasteiger charge is -2.25. The summed E-state index contributed by atoms with van der Waals surface area (Å²) in [5.41, 5.74) is -0.527. The van der Waals surface area contributed by atoms with E-state index in [-0.39, 0.29) is 12.1 Å². The molecule has 118 valence electrons. The van der Waals surface area contributed by atoms with Gasteiger partial charge in [-0.2, -0.15) is 0 Å². The Bertz CT molecular complexity index is 283. The van der Waals surface area contributed by atoms with Gasteiger partial charge < -0.3 is 14.8 Å². The second kappa shape index (κ2) is 9.35. The monoisotopic (exact) mass is 285 g/mol. The molecule has 0 spiro atoms. The summed E-state index contributed by atoms with van der Waals surface area (Å²) in [4.78, 5) is 11.8. The van der Waals surface area contributed by atoms with Crippen LogP contribution < -0.4 is 5.32 Å². The molecule has 1 rings (SSSR count). The highest BCUT2D eigenvalue weighted by Crippen LogP contribution is 2.32. The third-order valence-corrected chi connectivity index (χ3v) is 4.38. The van der Waals surface area contributed by atoms with Crippen molar-refractivity contribution in [2.75, 3.05) is 20.8 Å². The van der Waals surface area contributed by atoms with Crippen molar-refractivity contribution >= 4 is 5.97 Å². The molecule has 0 aromatic carbocycles. The molecule has 2 atom stereocenters. The SMILES string of the molecule is CCCCCCCCOC1CCC(NC)(C(=O)OC)C1. The first kappa shape index (κ1) is 17.4. The summed E-state index contributed by atoms with van der Waals surface area (Å²) in [7, 11) is 3.28. The fourth-order valence-electron chi connectivity index (χ4n) is 2.98. The molecule has 0 heterocycles. The molecule has 0 aromatic rings. The van der Waals surface area contributed by atoms with Gasteiger partial charge in [0.05, 0.1) is 13.2 Å². The van der Waals surface area contributed by atoms with Crippen molar-refractivity contribution in [1.82, 2.24) is 5.32 Å². The molecule has 4 nitrogen and oxygen atoms in total. The van der Waals surface area contributed by atoms with E-state index < -0.39 is 5.54 Å². The predicted molar refractivity (Wildman–Crippen MR) is 80.8 cm³/mol. The van der Waals surface area contributed by atoms with Crippen LogP contribution in [0.15, 0.2) is 0 Å². The van der Waals surface area contributed by atoms with Crippen LogP contribution in [0, 0.1) is 0 Å². The first-order valence-corrected chi connectivity index (χ1v) is 8.07. The second-order valence-electron chi connectivity index (χ2n) is 5.83. The molecule has 1 N–H and O–H groups in total. The maximum absolute atomic E-state index is 11.8. The highest BCUT2D eigenvalue weighted by molar-refractivity contribution is 5.81. The number of nitrogens with one attached hydrogen (secondary N) is 1. The molecule has 0 aliphatic heterocycles. The van der Waals surface area contributed by atoms with E-state index in [4.69, 9.17) is 9.47 Å². The van der Waals surface area contributed by atoms with Crippen LogP contribution in [-0.2, 0) is 14.3 Å². The van der Waals surface area contributed by atoms with Crippen molar-refractivity contribution in [2.45, 2.75) is 76.4 Å². The lowest BCUT2D eigenvalue weighted by molar-refractivity contribution is -0.148. The highest BCUT2D eigenvalue weighted by Gasteiger charge is 2.45. The van der Waals surface area contributed by atoms with Crippen LogP contribution in [0.3, 0.4) is 0 Å². The highest BCUT2D eigenvalue weighted by atomic mass is 16.5. The molecule has 0 aromatic heterocycles. The zero-order chi connectivity index (χ0) is 14.8. The Hall–Kier alpha value is -0.610. The third-order valence-electron chi connectivity index (χ3n) is 4.38. The Morgan fingerprint density at radius 1 is 1.25 bits per heavy atom. The van der Waals surface area contributed by atoms with Crippen LogP contribution in [0.4, 0.5) is 0 Å². The zero-order valence-corrected chi connectivity index (χ0v) is 13.4. The number of hydrogen-bond donors (Lipinski definition) is 1. The van der Waals surface area contributed by atoms with E-state index >= 15 is 0 Å². The fraction of sp³-hybridized carbons (Fsp3) is 0.938. The smallest absolute Gasteiger partial charge is 0.326 e. The molecule has 0 saturated heterocycles. The van der Waals surface area contributed by atoms with Crippen LogP contribution >= 0.6 is 0 Å². The van der Waals surface area contributed by atoms with E-state index in [9.17, 15) is 4.79 Å². The average Bonchev–Trinajstić information content (AvgIpc) is 2.90. The number of carbonyl (C=O) groups is 1. The van der Waals surface area contributed by atoms with Crippen LogP contribution in [0.2, 0.25) is 0 Å². The largest absolute Gasteiger partial charge is 0.468 e. The maximum Gasteiger partial charge on any atom is 0.326 e. The fourth-order valence-corrected chi connectivity index (χ4v) is 2.98. The topological polar surface area (TPSA) is 47.6 Å². The standard InChI is InChI=1S/C16H31NO3/c1-4-5-6-7-8-9-12-20-14-10-11-16(13-14,17-2)15(18)19-3/h14,17H,4-13H2,1-3H3. The Balaban J connectivity index is 2.16. The summed E-state index contributed by atoms with van der Waals surface area (Å²) in [5, 5.41) is 3.13. The second-order valence-corrected chi connectivity index (χ2v) is 5.83. The van der Waals surface area contributed by atoms with Gasteiger partial charge in [-0.3, -0.25) is 4.79 Å². The van der Waals surface area contributed by atoms with E-state index in [1.54, 1.807) is 0 Å². The van der Waals surface area contributed by atoms with Crippen LogP contribution in [0.1, 0.15) is 64.7 Å². The molecule has 1 aliphatic rings. The molecular formula is C16H31NO3. The predicted octanol–water partition coefficient (Wildman–Crippen LogP) is 3.05. The molecule has 20 heavy (non-hydrogen) atoms. The minimum atomic E-state index is -0.527. The zero-order valence-electron chi connectivity index (χ0n) is 13.4. The quantitative estimate of drug-likeness (QED) is 0.495. The van der Waals surface area contributed by atoms with Crippen LogP contribution in [0.25, 0.3) is 0 Å². The lowest BCUT2D eigenvalue weighted by Crippen LogP contribution is -2.49. The van der Waals surface area contributed by atoms with E-state index in [0.717, 1.165) is 32.3 Å². The van der Waals surface area contributed by atoms with Gasteiger partial charge in [-0.25, -0.2) is 0 Å². The Morgan fingerprint density at radius 3 is 2.60 bits per heavy atom. The van der Waals surface area contributed by atoms with E-state index in [2.05, 4.69) is 12.2 Å². The Kier molecular flexibility index (Phi) is 8.15. The van der Waals surface area contributed by atoms with Gasteiger partial charge in [0.1, 0.15) is 5.54 Å². The first-order chi connectivity index (χ1) is 9.68. The summed E-state index contributed by atoms with van der Waals surface area (Å²) < 4.78 is 10.8. The van der Waals surface area contributed by atoms with E-state index in [1.807, 2.05) is 7.05 Å². The normalized spacial score (nSPS) is 25.9. The number of esters is 1. The Morgan fingerprint density at radius 2 is 1.95 bits per heavy atom. The van der Waals surface area contributed by atoms with Gasteiger partial charge in [-0.15, -0.1) is 0 Å². The first-order valence-electron chi connectivity index (χ1n) is 8.07. The van der Waals surface area contributed by atoms with Gasteiger partial charge in [0, 0.05) is 13.0 Å². The summed E-state index contributed by atoms with van der Waals surface area (Å²) in [5.74, 6) is -0.161. The summed E-state index contributed by atoms with van der Waals surface area (Å²) in [6, 6.07) is 0. The van der Waals surface area contributed by atoms with Crippen molar-refractivity contribution in [3.05, 3.63) is 0 Å². The molecule has 2 unspecified atom stereocenters. The van der Waals surface area contributed by atoms with Crippen molar-refractivity contribution in [3.8, 4) is 0 Å². The van der Waals surface area contributed by atoms with Crippen LogP contribution in [0.5, 0.6) is 0 Å². The number of methoxy groups -OCH3 is 1. The van der Waals surface area contributed by atoms with Crippen molar-refractivity contribution in [2.24, 2.45) is 0 Å². The van der Waals surface area contributed by atoms with Crippen molar-refractivity contribution in [1.29, 1.82) is 0 Å². The summed E-state index contributed by atoms with van der Waals surface area (Å²) >= 11 is 0. The minimum Gasteiger partial charge on any atom is -0.468 e. The number of carbonyl (C=O) groups excluding carboxylic acids is 1. The molecule has 0 bridgehead atoms. The van der Waals surface area contributed by atoms with Crippen molar-refractivity contribution in [3.63, 3.8) is 0 Å². The molecular weight excluding hydrogens is 254 g/mol. The molecule has 1 aliphatic carbocycles. The lowest BCUT2D eigenvalue weighted by atomic mass is 9.98. The average molecular weight is 285 g/mol. The molecule has 1 fully saturated rings. The molecule has 0 amide bonds. The third kappa shape index (κ3) is 5.06. The Labute approximate surface area is 123 Å². The minimum absolute atomic E-state index is 0.161. The summed E-state index contributed by atoms with van der Waals surface area (Å²) in [6.45, 7) is 3.05. The van der Waals surface area contributed by atoms with Gasteiger partial charge in [0.2, 0.25) is 0 Å². The van der Waals surface area contributed by atoms with Gasteiger partial charge in [0.25, 0.3) is 0 Å². The number of unbranched alkanes of at least 4 members (excludes halogenated alkanes) is 5. The number of likely N-dealkylation sites (N-methyl/N-ethyl adjacent to an activating group) is 1. The van der Waals surface area contributed by atoms with Gasteiger partial charge in [0.15, 0.2) is 0 Å². The number of rotatable bonds is 10. The number of ether oxygens (including phenoxy) is 2. The van der Waals surface area contributed by atoms with Crippen molar-refractivity contribution < 1.29 is 14.3 Å². The van der Waals surface area contributed by atoms with Gasteiger partial charge in [-0.1, -0.05) is 39.0 Å². The maximum atomic E-state index is 11.8. The molecule has 0 radical (unpaired) electrons. The van der Waals surface area contributed by atoms with Crippen LogP contribution in [-0.4, -0.2) is 38.4 Å². The van der Waals surface area contributed by atoms with E-state index in [0.29, 0.717) is 0 Å². The molecule has 1 saturated carbocycles. The summed E-state index contributed by atoms with van der Waals surface area (Å²) in [6.07, 6.45) is 10.3. The van der Waals surface area contributed by atoms with Gasteiger partial charge >= 0.3 is 5.97 Å². The molecule has 4 heteroatoms. The van der Waals surface area contributed by atoms with Gasteiger partial charge in [-0.05, 0) is 26.3 Å². The number of hydrogen-bond acceptors (Lipinski definition) is 4.